The van der Waals surface area contributed by atoms with Crippen LogP contribution in [0.5, 0.6) is 0 Å². The number of amides is 1. The molecule has 1 heterocycles. The number of hydrogen-bond donors (Lipinski definition) is 1. The number of carbonyl (C=O) groups excluding carboxylic acids is 2. The number of methoxy groups -OCH3 is 1. The minimum Gasteiger partial charge on any atom is -0.465 e. The molecule has 3 aromatic carbocycles. The molecule has 9 nitrogen and oxygen atoms in total. The Hall–Kier alpha value is -4.73. The second kappa shape index (κ2) is 10.3. The zero-order valence-electron chi connectivity index (χ0n) is 21.3. The number of aromatic nitrogens is 2. The van der Waals surface area contributed by atoms with Gasteiger partial charge in [-0.2, -0.15) is 0 Å². The molecule has 0 saturated carbocycles. The third kappa shape index (κ3) is 5.64. The van der Waals surface area contributed by atoms with Crippen LogP contribution in [-0.4, -0.2) is 34.3 Å². The molecular formula is C28H26FN3O6. The van der Waals surface area contributed by atoms with E-state index < -0.39 is 34.7 Å². The molecule has 1 aromatic heterocycles. The van der Waals surface area contributed by atoms with Crippen LogP contribution in [0.4, 0.5) is 14.9 Å². The number of nitrogens with one attached hydrogen (secondary N) is 1. The second-order valence-corrected chi connectivity index (χ2v) is 9.53. The third-order valence-electron chi connectivity index (χ3n) is 5.61. The summed E-state index contributed by atoms with van der Waals surface area (Å²) in [5, 5.41) is 0.205. The van der Waals surface area contributed by atoms with Gasteiger partial charge in [-0.15, -0.1) is 0 Å². The maximum absolute atomic E-state index is 13.4. The minimum atomic E-state index is -0.777. The van der Waals surface area contributed by atoms with Crippen LogP contribution < -0.4 is 16.1 Å². The van der Waals surface area contributed by atoms with Crippen molar-refractivity contribution in [2.45, 2.75) is 32.9 Å². The fourth-order valence-electron chi connectivity index (χ4n) is 3.82. The Kier molecular flexibility index (Phi) is 7.16. The molecule has 0 unspecified atom stereocenters. The number of fused-ring (bicyclic) bond motifs is 1. The summed E-state index contributed by atoms with van der Waals surface area (Å²) in [5.74, 6) is -0.948. The summed E-state index contributed by atoms with van der Waals surface area (Å²) >= 11 is 0. The molecule has 0 fully saturated rings. The Morgan fingerprint density at radius 2 is 1.63 bits per heavy atom. The smallest absolute Gasteiger partial charge is 0.415 e. The van der Waals surface area contributed by atoms with Crippen LogP contribution in [0.2, 0.25) is 0 Å². The lowest BCUT2D eigenvalue weighted by Gasteiger charge is -2.27. The normalized spacial score (nSPS) is 11.3. The van der Waals surface area contributed by atoms with Gasteiger partial charge in [0.15, 0.2) is 0 Å². The maximum Gasteiger partial charge on any atom is 0.415 e. The number of H-pyrrole nitrogens is 1. The zero-order valence-corrected chi connectivity index (χ0v) is 21.3. The first-order valence-electron chi connectivity index (χ1n) is 11.7. The first-order chi connectivity index (χ1) is 18.0. The molecule has 196 valence electrons. The first kappa shape index (κ1) is 26.3. The van der Waals surface area contributed by atoms with E-state index in [1.165, 1.54) is 60.5 Å². The number of anilines is 1. The number of esters is 1. The fraction of sp³-hybridized carbons (Fsp3) is 0.214. The van der Waals surface area contributed by atoms with E-state index in [1.807, 2.05) is 0 Å². The van der Waals surface area contributed by atoms with Crippen LogP contribution in [0.3, 0.4) is 0 Å². The lowest BCUT2D eigenvalue weighted by molar-refractivity contribution is 0.0574. The summed E-state index contributed by atoms with van der Waals surface area (Å²) in [7, 11) is 1.26. The summed E-state index contributed by atoms with van der Waals surface area (Å²) in [6.07, 6.45) is -0.650. The van der Waals surface area contributed by atoms with Gasteiger partial charge in [0.1, 0.15) is 11.4 Å². The van der Waals surface area contributed by atoms with E-state index in [0.29, 0.717) is 11.3 Å². The van der Waals surface area contributed by atoms with Crippen molar-refractivity contribution in [3.05, 3.63) is 105 Å². The van der Waals surface area contributed by atoms with Crippen molar-refractivity contribution in [1.82, 2.24) is 9.55 Å². The molecule has 0 atom stereocenters. The quantitative estimate of drug-likeness (QED) is 0.388. The Morgan fingerprint density at radius 1 is 0.974 bits per heavy atom. The van der Waals surface area contributed by atoms with Crippen molar-refractivity contribution in [3.63, 3.8) is 0 Å². The zero-order chi connectivity index (χ0) is 27.6. The molecule has 0 aliphatic carbocycles. The SMILES string of the molecule is COC(=O)c1ccc(-n2c(=O)[nH]c3cc(N(Cc4ccc(F)cc4)C(=O)OC(C)(C)C)ccc3c2=O)cc1. The standard InChI is InChI=1S/C28H26FN3O6/c1-28(2,3)38-27(36)31(16-17-5-9-19(29)10-6-17)21-13-14-22-23(15-21)30-26(35)32(24(22)33)20-11-7-18(8-12-20)25(34)37-4/h5-15H,16H2,1-4H3,(H,30,35). The Morgan fingerprint density at radius 3 is 2.24 bits per heavy atom. The highest BCUT2D eigenvalue weighted by Crippen LogP contribution is 2.24. The molecule has 0 aliphatic heterocycles. The van der Waals surface area contributed by atoms with Crippen molar-refractivity contribution in [3.8, 4) is 5.69 Å². The first-order valence-corrected chi connectivity index (χ1v) is 11.7. The molecule has 4 aromatic rings. The van der Waals surface area contributed by atoms with Gasteiger partial charge in [-0.05, 0) is 80.9 Å². The Labute approximate surface area is 217 Å². The second-order valence-electron chi connectivity index (χ2n) is 9.53. The molecule has 0 radical (unpaired) electrons. The van der Waals surface area contributed by atoms with Crippen LogP contribution in [0.15, 0.2) is 76.3 Å². The number of rotatable bonds is 5. The summed E-state index contributed by atoms with van der Waals surface area (Å²) in [6.45, 7) is 5.27. The largest absolute Gasteiger partial charge is 0.465 e. The maximum atomic E-state index is 13.4. The van der Waals surface area contributed by atoms with Crippen LogP contribution in [0.25, 0.3) is 16.6 Å². The molecule has 0 spiro atoms. The Balaban J connectivity index is 1.76. The van der Waals surface area contributed by atoms with Gasteiger partial charge < -0.3 is 14.5 Å². The van der Waals surface area contributed by atoms with Gasteiger partial charge in [0, 0.05) is 5.69 Å². The highest BCUT2D eigenvalue weighted by Gasteiger charge is 2.24. The van der Waals surface area contributed by atoms with Crippen LogP contribution >= 0.6 is 0 Å². The van der Waals surface area contributed by atoms with E-state index in [1.54, 1.807) is 39.0 Å². The topological polar surface area (TPSA) is 111 Å². The summed E-state index contributed by atoms with van der Waals surface area (Å²) in [6, 6.07) is 16.1. The summed E-state index contributed by atoms with van der Waals surface area (Å²) < 4.78 is 24.6. The molecule has 1 amide bonds. The van der Waals surface area contributed by atoms with E-state index in [4.69, 9.17) is 4.74 Å². The van der Waals surface area contributed by atoms with Gasteiger partial charge >= 0.3 is 17.8 Å². The van der Waals surface area contributed by atoms with Crippen LogP contribution in [-0.2, 0) is 16.0 Å². The van der Waals surface area contributed by atoms with Crippen LogP contribution in [0.1, 0.15) is 36.7 Å². The predicted molar refractivity (Wildman–Crippen MR) is 140 cm³/mol. The van der Waals surface area contributed by atoms with E-state index in [0.717, 1.165) is 4.57 Å². The number of halogens is 1. The molecule has 0 bridgehead atoms. The van der Waals surface area contributed by atoms with Gasteiger partial charge in [0.05, 0.1) is 35.8 Å². The van der Waals surface area contributed by atoms with Crippen molar-refractivity contribution in [2.75, 3.05) is 12.0 Å². The number of hydrogen-bond acceptors (Lipinski definition) is 6. The average molecular weight is 520 g/mol. The third-order valence-corrected chi connectivity index (χ3v) is 5.61. The molecule has 38 heavy (non-hydrogen) atoms. The van der Waals surface area contributed by atoms with Gasteiger partial charge in [0.2, 0.25) is 0 Å². The van der Waals surface area contributed by atoms with Crippen molar-refractivity contribution in [1.29, 1.82) is 0 Å². The molecular weight excluding hydrogens is 493 g/mol. The van der Waals surface area contributed by atoms with Crippen molar-refractivity contribution < 1.29 is 23.5 Å². The fourth-order valence-corrected chi connectivity index (χ4v) is 3.82. The minimum absolute atomic E-state index is 0.0640. The molecule has 10 heteroatoms. The summed E-state index contributed by atoms with van der Waals surface area (Å²) in [5.41, 5.74) is -0.288. The number of nitrogens with zero attached hydrogens (tertiary/aromatic N) is 2. The lowest BCUT2D eigenvalue weighted by atomic mass is 10.1. The van der Waals surface area contributed by atoms with E-state index >= 15 is 0 Å². The highest BCUT2D eigenvalue weighted by atomic mass is 19.1. The van der Waals surface area contributed by atoms with E-state index in [2.05, 4.69) is 9.72 Å². The van der Waals surface area contributed by atoms with Gasteiger partial charge in [-0.25, -0.2) is 23.3 Å². The number of ether oxygens (including phenoxy) is 2. The number of benzene rings is 3. The Bertz CT molecular complexity index is 1620. The lowest BCUT2D eigenvalue weighted by Crippen LogP contribution is -2.37. The van der Waals surface area contributed by atoms with Gasteiger partial charge in [-0.1, -0.05) is 12.1 Å². The predicted octanol–water partition coefficient (Wildman–Crippen LogP) is 4.55. The highest BCUT2D eigenvalue weighted by molar-refractivity contribution is 5.92. The molecule has 4 rings (SSSR count). The monoisotopic (exact) mass is 519 g/mol. The van der Waals surface area contributed by atoms with Gasteiger partial charge in [0.25, 0.3) is 5.56 Å². The molecule has 1 N–H and O–H groups in total. The number of aromatic amines is 1. The summed E-state index contributed by atoms with van der Waals surface area (Å²) in [4.78, 5) is 55.0. The van der Waals surface area contributed by atoms with Crippen molar-refractivity contribution >= 4 is 28.7 Å². The molecule has 0 aliphatic rings. The van der Waals surface area contributed by atoms with E-state index in [-0.39, 0.29) is 28.7 Å². The van der Waals surface area contributed by atoms with Crippen molar-refractivity contribution in [2.24, 2.45) is 0 Å². The number of carbonyl (C=O) groups is 2. The van der Waals surface area contributed by atoms with Crippen LogP contribution in [0, 0.1) is 5.82 Å². The van der Waals surface area contributed by atoms with Gasteiger partial charge in [-0.3, -0.25) is 9.69 Å². The van der Waals surface area contributed by atoms with E-state index in [9.17, 15) is 23.6 Å². The molecule has 0 saturated heterocycles. The average Bonchev–Trinajstić information content (AvgIpc) is 2.87.